The molecule has 0 atom stereocenters. The third-order valence-electron chi connectivity index (χ3n) is 4.47. The van der Waals surface area contributed by atoms with Crippen LogP contribution in [0.4, 0.5) is 0 Å². The Morgan fingerprint density at radius 2 is 2.08 bits per heavy atom. The van der Waals surface area contributed by atoms with Crippen LogP contribution in [0.15, 0.2) is 23.1 Å². The summed E-state index contributed by atoms with van der Waals surface area (Å²) in [7, 11) is -3.75. The summed E-state index contributed by atoms with van der Waals surface area (Å²) in [5, 5.41) is 3.02. The molecular formula is C17H22ClN3O4S. The van der Waals surface area contributed by atoms with Gasteiger partial charge < -0.3 is 10.2 Å². The van der Waals surface area contributed by atoms with Crippen LogP contribution in [-0.2, 0) is 14.8 Å². The average Bonchev–Trinajstić information content (AvgIpc) is 3.31. The van der Waals surface area contributed by atoms with Gasteiger partial charge in [0.05, 0.1) is 15.5 Å². The van der Waals surface area contributed by atoms with E-state index in [0.29, 0.717) is 19.4 Å². The van der Waals surface area contributed by atoms with E-state index in [0.717, 1.165) is 25.8 Å². The highest BCUT2D eigenvalue weighted by Gasteiger charge is 2.26. The number of rotatable bonds is 8. The second-order valence-electron chi connectivity index (χ2n) is 6.63. The standard InChI is InChI=1S/C17H22ClN3O4S/c18-15-7-6-13(11-14(15)17(23)20-12-4-5-12)26(24,25)19-8-2-10-21-9-1-3-16(21)22/h6-7,11-12,19H,1-5,8-10H2,(H,20,23). The average molecular weight is 400 g/mol. The molecular weight excluding hydrogens is 378 g/mol. The molecule has 1 aromatic rings. The quantitative estimate of drug-likeness (QED) is 0.648. The van der Waals surface area contributed by atoms with Gasteiger partial charge in [-0.25, -0.2) is 13.1 Å². The van der Waals surface area contributed by atoms with Gasteiger partial charge in [-0.3, -0.25) is 9.59 Å². The second kappa shape index (κ2) is 7.94. The molecule has 2 aliphatic rings. The largest absolute Gasteiger partial charge is 0.349 e. The minimum Gasteiger partial charge on any atom is -0.349 e. The number of halogens is 1. The van der Waals surface area contributed by atoms with E-state index in [1.807, 2.05) is 0 Å². The molecule has 1 saturated carbocycles. The smallest absolute Gasteiger partial charge is 0.253 e. The van der Waals surface area contributed by atoms with Gasteiger partial charge in [0.2, 0.25) is 15.9 Å². The van der Waals surface area contributed by atoms with Gasteiger partial charge in [-0.05, 0) is 43.9 Å². The molecule has 0 radical (unpaired) electrons. The van der Waals surface area contributed by atoms with Crippen molar-refractivity contribution < 1.29 is 18.0 Å². The Labute approximate surface area is 158 Å². The molecule has 0 aromatic heterocycles. The minimum atomic E-state index is -3.75. The van der Waals surface area contributed by atoms with Crippen LogP contribution in [0.5, 0.6) is 0 Å². The highest BCUT2D eigenvalue weighted by Crippen LogP contribution is 2.23. The maximum atomic E-state index is 12.4. The van der Waals surface area contributed by atoms with Crippen molar-refractivity contribution in [3.05, 3.63) is 28.8 Å². The SMILES string of the molecule is O=C(NC1CC1)c1cc(S(=O)(=O)NCCCN2CCCC2=O)ccc1Cl. The fraction of sp³-hybridized carbons (Fsp3) is 0.529. The third-order valence-corrected chi connectivity index (χ3v) is 6.26. The van der Waals surface area contributed by atoms with Crippen LogP contribution in [0.1, 0.15) is 42.5 Å². The Morgan fingerprint density at radius 1 is 1.31 bits per heavy atom. The van der Waals surface area contributed by atoms with Gasteiger partial charge in [0.25, 0.3) is 5.91 Å². The van der Waals surface area contributed by atoms with Crippen molar-refractivity contribution in [3.8, 4) is 0 Å². The van der Waals surface area contributed by atoms with E-state index in [-0.39, 0.29) is 39.9 Å². The minimum absolute atomic E-state index is 0.0000887. The first kappa shape index (κ1) is 19.1. The van der Waals surface area contributed by atoms with Crippen molar-refractivity contribution in [2.45, 2.75) is 43.0 Å². The zero-order valence-electron chi connectivity index (χ0n) is 14.3. The number of nitrogens with one attached hydrogen (secondary N) is 2. The van der Waals surface area contributed by atoms with Crippen molar-refractivity contribution in [3.63, 3.8) is 0 Å². The van der Waals surface area contributed by atoms with E-state index in [1.165, 1.54) is 18.2 Å². The second-order valence-corrected chi connectivity index (χ2v) is 8.80. The highest BCUT2D eigenvalue weighted by molar-refractivity contribution is 7.89. The molecule has 1 aromatic carbocycles. The monoisotopic (exact) mass is 399 g/mol. The van der Waals surface area contributed by atoms with Crippen LogP contribution in [0.25, 0.3) is 0 Å². The molecule has 0 unspecified atom stereocenters. The van der Waals surface area contributed by atoms with Crippen molar-refractivity contribution in [1.82, 2.24) is 14.9 Å². The number of benzene rings is 1. The number of nitrogens with zero attached hydrogens (tertiary/aromatic N) is 1. The predicted molar refractivity (Wildman–Crippen MR) is 97.6 cm³/mol. The number of carbonyl (C=O) groups excluding carboxylic acids is 2. The molecule has 1 saturated heterocycles. The topological polar surface area (TPSA) is 95.6 Å². The van der Waals surface area contributed by atoms with Crippen LogP contribution in [0.2, 0.25) is 5.02 Å². The van der Waals surface area contributed by atoms with E-state index in [4.69, 9.17) is 11.6 Å². The van der Waals surface area contributed by atoms with E-state index < -0.39 is 10.0 Å². The fourth-order valence-electron chi connectivity index (χ4n) is 2.84. The maximum absolute atomic E-state index is 12.4. The van der Waals surface area contributed by atoms with Crippen LogP contribution >= 0.6 is 11.6 Å². The fourth-order valence-corrected chi connectivity index (χ4v) is 4.14. The molecule has 0 spiro atoms. The molecule has 0 bridgehead atoms. The lowest BCUT2D eigenvalue weighted by Crippen LogP contribution is -2.31. The summed E-state index contributed by atoms with van der Waals surface area (Å²) >= 11 is 6.04. The van der Waals surface area contributed by atoms with E-state index in [9.17, 15) is 18.0 Å². The van der Waals surface area contributed by atoms with Crippen molar-refractivity contribution in [1.29, 1.82) is 0 Å². The molecule has 2 N–H and O–H groups in total. The van der Waals surface area contributed by atoms with Gasteiger partial charge in [0.15, 0.2) is 0 Å². The number of carbonyl (C=O) groups is 2. The summed E-state index contributed by atoms with van der Waals surface area (Å²) in [5.41, 5.74) is 0.157. The zero-order chi connectivity index (χ0) is 18.7. The lowest BCUT2D eigenvalue weighted by molar-refractivity contribution is -0.127. The maximum Gasteiger partial charge on any atom is 0.253 e. The first-order valence-electron chi connectivity index (χ1n) is 8.75. The van der Waals surface area contributed by atoms with Crippen LogP contribution in [0, 0.1) is 0 Å². The Kier molecular flexibility index (Phi) is 5.84. The van der Waals surface area contributed by atoms with Gasteiger partial charge in [-0.1, -0.05) is 11.6 Å². The molecule has 1 heterocycles. The Bertz CT molecular complexity index is 808. The van der Waals surface area contributed by atoms with E-state index in [2.05, 4.69) is 10.0 Å². The first-order chi connectivity index (χ1) is 12.4. The van der Waals surface area contributed by atoms with Gasteiger partial charge >= 0.3 is 0 Å². The van der Waals surface area contributed by atoms with Crippen LogP contribution < -0.4 is 10.0 Å². The summed E-state index contributed by atoms with van der Waals surface area (Å²) in [4.78, 5) is 25.5. The van der Waals surface area contributed by atoms with Gasteiger partial charge in [0.1, 0.15) is 0 Å². The van der Waals surface area contributed by atoms with Gasteiger partial charge in [-0.2, -0.15) is 0 Å². The Morgan fingerprint density at radius 3 is 2.73 bits per heavy atom. The van der Waals surface area contributed by atoms with Gasteiger partial charge in [0, 0.05) is 32.1 Å². The third kappa shape index (κ3) is 4.75. The molecule has 2 amide bonds. The number of hydrogen-bond acceptors (Lipinski definition) is 4. The Hall–Kier alpha value is -1.64. The number of likely N-dealkylation sites (tertiary alicyclic amines) is 1. The first-order valence-corrected chi connectivity index (χ1v) is 10.6. The number of amides is 2. The summed E-state index contributed by atoms with van der Waals surface area (Å²) in [5.74, 6) is -0.237. The molecule has 142 valence electrons. The normalized spacial score (nSPS) is 17.6. The highest BCUT2D eigenvalue weighted by atomic mass is 35.5. The molecule has 26 heavy (non-hydrogen) atoms. The summed E-state index contributed by atoms with van der Waals surface area (Å²) in [6.07, 6.45) is 3.83. The van der Waals surface area contributed by atoms with Crippen molar-refractivity contribution in [2.24, 2.45) is 0 Å². The zero-order valence-corrected chi connectivity index (χ0v) is 15.9. The molecule has 9 heteroatoms. The lowest BCUT2D eigenvalue weighted by Gasteiger charge is -2.15. The molecule has 3 rings (SSSR count). The lowest BCUT2D eigenvalue weighted by atomic mass is 10.2. The predicted octanol–water partition coefficient (Wildman–Crippen LogP) is 1.52. The molecule has 2 fully saturated rings. The Balaban J connectivity index is 1.59. The summed E-state index contributed by atoms with van der Waals surface area (Å²) in [6.45, 7) is 1.50. The summed E-state index contributed by atoms with van der Waals surface area (Å²) in [6, 6.07) is 4.25. The molecule has 1 aliphatic heterocycles. The molecule has 1 aliphatic carbocycles. The van der Waals surface area contributed by atoms with Crippen molar-refractivity contribution in [2.75, 3.05) is 19.6 Å². The van der Waals surface area contributed by atoms with Crippen LogP contribution in [0.3, 0.4) is 0 Å². The van der Waals surface area contributed by atoms with E-state index in [1.54, 1.807) is 4.90 Å². The molecule has 7 nitrogen and oxygen atoms in total. The number of hydrogen-bond donors (Lipinski definition) is 2. The van der Waals surface area contributed by atoms with Crippen LogP contribution in [-0.4, -0.2) is 50.8 Å². The van der Waals surface area contributed by atoms with Crippen molar-refractivity contribution >= 4 is 33.4 Å². The van der Waals surface area contributed by atoms with E-state index >= 15 is 0 Å². The number of sulfonamides is 1. The van der Waals surface area contributed by atoms with Gasteiger partial charge in [-0.15, -0.1) is 0 Å². The summed E-state index contributed by atoms with van der Waals surface area (Å²) < 4.78 is 27.4.